The molecule has 214 valence electrons. The van der Waals surface area contributed by atoms with Gasteiger partial charge in [0.15, 0.2) is 6.61 Å². The summed E-state index contributed by atoms with van der Waals surface area (Å²) in [4.78, 5) is 29.2. The number of aliphatic carboxylic acids is 1. The SMILES string of the molecule is C#C[C@@]1(O)CCC2C3CCC4=CC(=NOCC(=O)NCC(CC(=O)O)c5ccccc5)CC[C@]4(C)C3CC[C@@]21C. The lowest BCUT2D eigenvalue weighted by atomic mass is 9.46. The number of terminal acetylenes is 1. The molecule has 0 saturated heterocycles. The van der Waals surface area contributed by atoms with Crippen LogP contribution in [0.2, 0.25) is 0 Å². The van der Waals surface area contributed by atoms with Crippen LogP contribution in [0, 0.1) is 40.9 Å². The van der Waals surface area contributed by atoms with E-state index in [1.807, 2.05) is 30.3 Å². The van der Waals surface area contributed by atoms with E-state index >= 15 is 0 Å². The smallest absolute Gasteiger partial charge is 0.304 e. The van der Waals surface area contributed by atoms with E-state index in [-0.39, 0.29) is 42.2 Å². The molecule has 7 heteroatoms. The number of hydrogen-bond acceptors (Lipinski definition) is 5. The van der Waals surface area contributed by atoms with Crippen LogP contribution in [0.15, 0.2) is 47.1 Å². The summed E-state index contributed by atoms with van der Waals surface area (Å²) in [6.07, 6.45) is 15.7. The monoisotopic (exact) mass is 546 g/mol. The fourth-order valence-corrected chi connectivity index (χ4v) is 8.60. The van der Waals surface area contributed by atoms with Gasteiger partial charge in [-0.15, -0.1) is 6.42 Å². The number of aliphatic hydroxyl groups is 1. The molecular weight excluding hydrogens is 504 g/mol. The van der Waals surface area contributed by atoms with Gasteiger partial charge in [-0.25, -0.2) is 0 Å². The predicted octanol–water partition coefficient (Wildman–Crippen LogP) is 5.06. The van der Waals surface area contributed by atoms with Gasteiger partial charge in [0, 0.05) is 17.9 Å². The normalized spacial score (nSPS) is 36.3. The first-order valence-electron chi connectivity index (χ1n) is 14.7. The molecule has 3 N–H and O–H groups in total. The summed E-state index contributed by atoms with van der Waals surface area (Å²) in [5.41, 5.74) is 2.13. The highest BCUT2D eigenvalue weighted by Crippen LogP contribution is 2.67. The van der Waals surface area contributed by atoms with Gasteiger partial charge in [0.05, 0.1) is 12.1 Å². The number of hydrogen-bond donors (Lipinski definition) is 3. The third-order valence-corrected chi connectivity index (χ3v) is 11.0. The number of carboxylic acids is 1. The van der Waals surface area contributed by atoms with Gasteiger partial charge < -0.3 is 20.4 Å². The van der Waals surface area contributed by atoms with Crippen LogP contribution in [0.4, 0.5) is 0 Å². The van der Waals surface area contributed by atoms with E-state index in [1.165, 1.54) is 5.57 Å². The number of oxime groups is 1. The molecule has 0 bridgehead atoms. The standard InChI is InChI=1S/C33H42N2O5/c1-4-33(39)17-14-28-26-11-10-24-19-25(12-15-31(24,2)27(26)13-16-32(28,33)3)35-40-21-29(36)34-20-23(18-30(37)38)22-8-6-5-7-9-22/h1,5-9,19,23,26-28,39H,10-18,20-21H2,2-3H3,(H,34,36)(H,37,38)/t23?,26?,27?,28?,31-,32-,33+/m0/s1. The quantitative estimate of drug-likeness (QED) is 0.312. The summed E-state index contributed by atoms with van der Waals surface area (Å²) in [6.45, 7) is 4.65. The minimum atomic E-state index is -0.978. The van der Waals surface area contributed by atoms with Crippen LogP contribution in [-0.2, 0) is 14.4 Å². The Labute approximate surface area is 237 Å². The van der Waals surface area contributed by atoms with Crippen molar-refractivity contribution in [2.24, 2.45) is 33.7 Å². The zero-order valence-electron chi connectivity index (χ0n) is 23.7. The number of carbonyl (C=O) groups is 2. The third kappa shape index (κ3) is 5.07. The van der Waals surface area contributed by atoms with E-state index in [0.717, 1.165) is 56.2 Å². The first-order chi connectivity index (χ1) is 19.1. The van der Waals surface area contributed by atoms with Crippen LogP contribution in [0.3, 0.4) is 0 Å². The Morgan fingerprint density at radius 3 is 2.60 bits per heavy atom. The van der Waals surface area contributed by atoms with E-state index in [1.54, 1.807) is 0 Å². The average molecular weight is 547 g/mol. The van der Waals surface area contributed by atoms with Gasteiger partial charge in [-0.1, -0.05) is 60.8 Å². The highest BCUT2D eigenvalue weighted by molar-refractivity contribution is 5.96. The molecule has 5 rings (SSSR count). The lowest BCUT2D eigenvalue weighted by Gasteiger charge is -2.58. The van der Waals surface area contributed by atoms with Gasteiger partial charge in [-0.3, -0.25) is 9.59 Å². The van der Waals surface area contributed by atoms with Crippen molar-refractivity contribution in [3.63, 3.8) is 0 Å². The molecule has 0 aromatic heterocycles. The molecule has 0 aliphatic heterocycles. The zero-order chi connectivity index (χ0) is 28.5. The Morgan fingerprint density at radius 2 is 1.88 bits per heavy atom. The first kappa shape index (κ1) is 28.4. The Kier molecular flexibility index (Phi) is 7.85. The van der Waals surface area contributed by atoms with E-state index < -0.39 is 11.6 Å². The fraction of sp³-hybridized carbons (Fsp3) is 0.606. The third-order valence-electron chi connectivity index (χ3n) is 11.0. The number of fused-ring (bicyclic) bond motifs is 5. The minimum Gasteiger partial charge on any atom is -0.481 e. The summed E-state index contributed by atoms with van der Waals surface area (Å²) in [5, 5.41) is 27.6. The van der Waals surface area contributed by atoms with Gasteiger partial charge in [0.25, 0.3) is 5.91 Å². The Morgan fingerprint density at radius 1 is 1.12 bits per heavy atom. The molecule has 1 aromatic carbocycles. The van der Waals surface area contributed by atoms with Gasteiger partial charge in [0.1, 0.15) is 5.60 Å². The van der Waals surface area contributed by atoms with Crippen molar-refractivity contribution >= 4 is 17.6 Å². The minimum absolute atomic E-state index is 0.0631. The highest BCUT2D eigenvalue weighted by atomic mass is 16.6. The topological polar surface area (TPSA) is 108 Å². The molecule has 0 heterocycles. The van der Waals surface area contributed by atoms with Crippen molar-refractivity contribution < 1.29 is 24.6 Å². The second kappa shape index (κ2) is 11.0. The number of benzene rings is 1. The van der Waals surface area contributed by atoms with Crippen molar-refractivity contribution in [2.75, 3.05) is 13.2 Å². The van der Waals surface area contributed by atoms with Crippen LogP contribution in [0.5, 0.6) is 0 Å². The van der Waals surface area contributed by atoms with Gasteiger partial charge in [-0.2, -0.15) is 0 Å². The van der Waals surface area contributed by atoms with E-state index in [2.05, 4.69) is 36.3 Å². The number of allylic oxidation sites excluding steroid dienone is 2. The predicted molar refractivity (Wildman–Crippen MR) is 153 cm³/mol. The molecule has 3 fully saturated rings. The first-order valence-corrected chi connectivity index (χ1v) is 14.7. The molecule has 3 saturated carbocycles. The molecule has 4 aliphatic carbocycles. The number of carboxylic acid groups (broad SMARTS) is 1. The highest BCUT2D eigenvalue weighted by Gasteiger charge is 2.63. The number of rotatable bonds is 8. The number of amides is 1. The number of carbonyl (C=O) groups excluding carboxylic acids is 1. The summed E-state index contributed by atoms with van der Waals surface area (Å²) in [5.74, 6) is 2.87. The molecule has 1 aromatic rings. The Balaban J connectivity index is 1.17. The lowest BCUT2D eigenvalue weighted by molar-refractivity contribution is -0.137. The molecule has 0 radical (unpaired) electrons. The van der Waals surface area contributed by atoms with Gasteiger partial charge in [-0.05, 0) is 86.2 Å². The summed E-state index contributed by atoms with van der Waals surface area (Å²) in [7, 11) is 0. The summed E-state index contributed by atoms with van der Waals surface area (Å²) < 4.78 is 0. The molecular formula is C33H42N2O5. The second-order valence-electron chi connectivity index (χ2n) is 12.9. The fourth-order valence-electron chi connectivity index (χ4n) is 8.60. The second-order valence-corrected chi connectivity index (χ2v) is 12.9. The zero-order valence-corrected chi connectivity index (χ0v) is 23.7. The van der Waals surface area contributed by atoms with E-state index in [0.29, 0.717) is 24.2 Å². The van der Waals surface area contributed by atoms with Crippen LogP contribution in [0.1, 0.15) is 83.1 Å². The molecule has 40 heavy (non-hydrogen) atoms. The summed E-state index contributed by atoms with van der Waals surface area (Å²) in [6, 6.07) is 9.34. The maximum atomic E-state index is 12.4. The summed E-state index contributed by atoms with van der Waals surface area (Å²) >= 11 is 0. The van der Waals surface area contributed by atoms with Crippen LogP contribution < -0.4 is 5.32 Å². The van der Waals surface area contributed by atoms with Crippen molar-refractivity contribution in [3.05, 3.63) is 47.5 Å². The average Bonchev–Trinajstić information content (AvgIpc) is 3.22. The van der Waals surface area contributed by atoms with Crippen molar-refractivity contribution in [1.29, 1.82) is 0 Å². The molecule has 7 atom stereocenters. The van der Waals surface area contributed by atoms with E-state index in [9.17, 15) is 19.8 Å². The van der Waals surface area contributed by atoms with Crippen molar-refractivity contribution in [2.45, 2.75) is 83.2 Å². The Hall–Kier alpha value is -3.11. The molecule has 4 aliphatic rings. The van der Waals surface area contributed by atoms with Gasteiger partial charge in [0.2, 0.25) is 0 Å². The molecule has 4 unspecified atom stereocenters. The maximum Gasteiger partial charge on any atom is 0.304 e. The maximum absolute atomic E-state index is 12.4. The van der Waals surface area contributed by atoms with Gasteiger partial charge >= 0.3 is 5.97 Å². The van der Waals surface area contributed by atoms with Crippen LogP contribution in [-0.4, -0.2) is 46.6 Å². The van der Waals surface area contributed by atoms with Crippen LogP contribution in [0.25, 0.3) is 0 Å². The van der Waals surface area contributed by atoms with Crippen molar-refractivity contribution in [1.82, 2.24) is 5.32 Å². The number of nitrogens with one attached hydrogen (secondary N) is 1. The Bertz CT molecular complexity index is 1230. The van der Waals surface area contributed by atoms with Crippen LogP contribution >= 0.6 is 0 Å². The molecule has 1 amide bonds. The number of nitrogens with zero attached hydrogens (tertiary/aromatic N) is 1. The lowest BCUT2D eigenvalue weighted by Crippen LogP contribution is -2.54. The molecule has 0 spiro atoms. The van der Waals surface area contributed by atoms with E-state index in [4.69, 9.17) is 11.3 Å². The van der Waals surface area contributed by atoms with Crippen molar-refractivity contribution in [3.8, 4) is 12.3 Å². The largest absolute Gasteiger partial charge is 0.481 e. The molecule has 7 nitrogen and oxygen atoms in total.